The number of methoxy groups -OCH3 is 1. The molecule has 6 rings (SSSR count). The number of nitrogens with two attached hydrogens (primary N) is 1. The van der Waals surface area contributed by atoms with Crippen molar-refractivity contribution in [2.75, 3.05) is 26.7 Å². The summed E-state index contributed by atoms with van der Waals surface area (Å²) in [6.07, 6.45) is 4.16. The molecule has 2 N–H and O–H groups in total. The minimum absolute atomic E-state index is 0.00847. The maximum Gasteiger partial charge on any atom is 0.407 e. The molecule has 1 aliphatic carbocycles. The van der Waals surface area contributed by atoms with Gasteiger partial charge in [0.25, 0.3) is 0 Å². The van der Waals surface area contributed by atoms with Crippen molar-refractivity contribution in [2.24, 2.45) is 5.73 Å². The van der Waals surface area contributed by atoms with Crippen molar-refractivity contribution in [3.8, 4) is 28.0 Å². The van der Waals surface area contributed by atoms with E-state index in [9.17, 15) is 13.2 Å². The molecule has 1 aliphatic heterocycles. The largest absolute Gasteiger partial charge is 0.486 e. The van der Waals surface area contributed by atoms with Gasteiger partial charge in [-0.25, -0.2) is 9.50 Å². The average Bonchev–Trinajstić information content (AvgIpc) is 3.32. The number of hydrogen-bond donors (Lipinski definition) is 1. The molecule has 2 aromatic carbocycles. The van der Waals surface area contributed by atoms with Crippen molar-refractivity contribution in [3.05, 3.63) is 72.7 Å². The van der Waals surface area contributed by atoms with Crippen molar-refractivity contribution >= 4 is 5.65 Å². The van der Waals surface area contributed by atoms with Crippen LogP contribution >= 0.6 is 0 Å². The van der Waals surface area contributed by atoms with Gasteiger partial charge in [0.05, 0.1) is 12.3 Å². The molecular formula is C29H30F3N5O2. The Labute approximate surface area is 224 Å². The second kappa shape index (κ2) is 9.93. The van der Waals surface area contributed by atoms with Gasteiger partial charge in [0, 0.05) is 50.3 Å². The van der Waals surface area contributed by atoms with Crippen LogP contribution < -0.4 is 10.5 Å². The van der Waals surface area contributed by atoms with Crippen molar-refractivity contribution in [2.45, 2.75) is 43.2 Å². The first-order chi connectivity index (χ1) is 18.7. The van der Waals surface area contributed by atoms with Gasteiger partial charge in [0.1, 0.15) is 17.4 Å². The third-order valence-electron chi connectivity index (χ3n) is 7.67. The lowest BCUT2D eigenvalue weighted by Gasteiger charge is -2.24. The second-order valence-corrected chi connectivity index (χ2v) is 10.5. The van der Waals surface area contributed by atoms with Crippen molar-refractivity contribution in [1.29, 1.82) is 0 Å². The van der Waals surface area contributed by atoms with Gasteiger partial charge < -0.3 is 15.2 Å². The van der Waals surface area contributed by atoms with Crippen LogP contribution in [0.5, 0.6) is 5.75 Å². The summed E-state index contributed by atoms with van der Waals surface area (Å²) < 4.78 is 52.9. The van der Waals surface area contributed by atoms with Crippen molar-refractivity contribution in [1.82, 2.24) is 19.5 Å². The molecule has 2 fully saturated rings. The highest BCUT2D eigenvalue weighted by Crippen LogP contribution is 2.42. The number of likely N-dealkylation sites (tertiary alicyclic amines) is 1. The molecule has 0 bridgehead atoms. The lowest BCUT2D eigenvalue weighted by Crippen LogP contribution is -2.36. The van der Waals surface area contributed by atoms with Gasteiger partial charge in [-0.2, -0.15) is 18.3 Å². The molecule has 2 aliphatic rings. The quantitative estimate of drug-likeness (QED) is 0.331. The van der Waals surface area contributed by atoms with Crippen molar-refractivity contribution < 1.29 is 22.6 Å². The summed E-state index contributed by atoms with van der Waals surface area (Å²) >= 11 is 0. The Hall–Kier alpha value is -3.47. The highest BCUT2D eigenvalue weighted by Gasteiger charge is 2.47. The van der Waals surface area contributed by atoms with E-state index < -0.39 is 12.2 Å². The fraction of sp³-hybridized carbons (Fsp3) is 0.379. The summed E-state index contributed by atoms with van der Waals surface area (Å²) in [7, 11) is 1.77. The predicted molar refractivity (Wildman–Crippen MR) is 141 cm³/mol. The van der Waals surface area contributed by atoms with Gasteiger partial charge in [-0.15, -0.1) is 0 Å². The van der Waals surface area contributed by atoms with Crippen LogP contribution in [-0.4, -0.2) is 64.1 Å². The molecule has 0 spiro atoms. The number of nitrogens with zero attached hydrogens (tertiary/aromatic N) is 4. The molecule has 3 heterocycles. The first-order valence-electron chi connectivity index (χ1n) is 13.0. The normalized spacial score (nSPS) is 19.9. The predicted octanol–water partition coefficient (Wildman–Crippen LogP) is 5.26. The van der Waals surface area contributed by atoms with Crippen LogP contribution in [0.15, 0.2) is 67.1 Å². The summed E-state index contributed by atoms with van der Waals surface area (Å²) in [5.41, 5.74) is 8.86. The van der Waals surface area contributed by atoms with Crippen LogP contribution in [-0.2, 0) is 4.74 Å². The van der Waals surface area contributed by atoms with Crippen LogP contribution in [0.3, 0.4) is 0 Å². The number of rotatable bonds is 8. The first kappa shape index (κ1) is 25.8. The number of hydrogen-bond acceptors (Lipinski definition) is 6. The summed E-state index contributed by atoms with van der Waals surface area (Å²) in [6.45, 7) is 2.92. The first-order valence-corrected chi connectivity index (χ1v) is 13.0. The van der Waals surface area contributed by atoms with Gasteiger partial charge in [-0.05, 0) is 54.2 Å². The van der Waals surface area contributed by atoms with Gasteiger partial charge in [0.2, 0.25) is 0 Å². The summed E-state index contributed by atoms with van der Waals surface area (Å²) in [5.74, 6) is 0.839. The molecule has 2 atom stereocenters. The molecule has 2 unspecified atom stereocenters. The van der Waals surface area contributed by atoms with Gasteiger partial charge >= 0.3 is 6.18 Å². The average molecular weight is 538 g/mol. The summed E-state index contributed by atoms with van der Waals surface area (Å²) in [4.78, 5) is 7.01. The SMILES string of the molecule is COC1CCN(CC2(Oc3ccc(-c4cnc5c(-c6cccc(C(N)C(F)(F)F)c6)cnn5c4)cc3)CC2)C1. The van der Waals surface area contributed by atoms with E-state index in [1.54, 1.807) is 36.2 Å². The van der Waals surface area contributed by atoms with E-state index in [4.69, 9.17) is 15.2 Å². The van der Waals surface area contributed by atoms with Crippen LogP contribution in [0.1, 0.15) is 30.9 Å². The van der Waals surface area contributed by atoms with E-state index >= 15 is 0 Å². The van der Waals surface area contributed by atoms with E-state index in [0.29, 0.717) is 22.9 Å². The molecule has 4 aromatic rings. The van der Waals surface area contributed by atoms with Gasteiger partial charge in [-0.1, -0.05) is 30.3 Å². The van der Waals surface area contributed by atoms with Crippen LogP contribution in [0.4, 0.5) is 13.2 Å². The number of alkyl halides is 3. The van der Waals surface area contributed by atoms with Gasteiger partial charge in [0.15, 0.2) is 5.65 Å². The maximum absolute atomic E-state index is 13.1. The summed E-state index contributed by atoms with van der Waals surface area (Å²) in [6, 6.07) is 12.0. The van der Waals surface area contributed by atoms with E-state index in [1.807, 2.05) is 30.5 Å². The van der Waals surface area contributed by atoms with Crippen LogP contribution in [0.25, 0.3) is 27.9 Å². The molecule has 2 aromatic heterocycles. The zero-order chi connectivity index (χ0) is 27.2. The number of benzene rings is 2. The Kier molecular flexibility index (Phi) is 6.57. The lowest BCUT2D eigenvalue weighted by atomic mass is 10.0. The fourth-order valence-corrected chi connectivity index (χ4v) is 5.25. The Morgan fingerprint density at radius 3 is 2.56 bits per heavy atom. The van der Waals surface area contributed by atoms with Crippen LogP contribution in [0.2, 0.25) is 0 Å². The highest BCUT2D eigenvalue weighted by molar-refractivity contribution is 5.78. The van der Waals surface area contributed by atoms with E-state index in [0.717, 1.165) is 55.8 Å². The van der Waals surface area contributed by atoms with E-state index in [2.05, 4.69) is 15.0 Å². The molecule has 0 radical (unpaired) electrons. The molecule has 39 heavy (non-hydrogen) atoms. The molecule has 1 saturated heterocycles. The number of aromatic nitrogens is 3. The Bertz CT molecular complexity index is 1470. The third-order valence-corrected chi connectivity index (χ3v) is 7.67. The summed E-state index contributed by atoms with van der Waals surface area (Å²) in [5, 5.41) is 4.40. The van der Waals surface area contributed by atoms with E-state index in [1.165, 1.54) is 12.1 Å². The zero-order valence-corrected chi connectivity index (χ0v) is 21.6. The van der Waals surface area contributed by atoms with Gasteiger partial charge in [-0.3, -0.25) is 4.90 Å². The molecule has 7 nitrogen and oxygen atoms in total. The minimum Gasteiger partial charge on any atom is -0.486 e. The van der Waals surface area contributed by atoms with Crippen molar-refractivity contribution in [3.63, 3.8) is 0 Å². The Balaban J connectivity index is 1.17. The standard InChI is InChI=1S/C29H30F3N5O2/c1-38-24-9-12-36(17-24)18-28(10-11-28)39-23-7-5-19(6-8-23)22-14-34-27-25(15-35-37(27)16-22)20-3-2-4-21(13-20)26(33)29(30,31)32/h2-8,13-16,24,26H,9-12,17-18,33H2,1H3. The van der Waals surface area contributed by atoms with E-state index in [-0.39, 0.29) is 11.2 Å². The number of halogens is 3. The smallest absolute Gasteiger partial charge is 0.407 e. The molecule has 204 valence electrons. The Morgan fingerprint density at radius 1 is 1.08 bits per heavy atom. The maximum atomic E-state index is 13.1. The highest BCUT2D eigenvalue weighted by atomic mass is 19.4. The molecule has 0 amide bonds. The molecule has 10 heteroatoms. The third kappa shape index (κ3) is 5.36. The molecule has 1 saturated carbocycles. The second-order valence-electron chi connectivity index (χ2n) is 10.5. The minimum atomic E-state index is -4.52. The lowest BCUT2D eigenvalue weighted by molar-refractivity contribution is -0.149. The topological polar surface area (TPSA) is 77.9 Å². The molecular weight excluding hydrogens is 507 g/mol. The monoisotopic (exact) mass is 537 g/mol. The fourth-order valence-electron chi connectivity index (χ4n) is 5.25. The van der Waals surface area contributed by atoms with Crippen LogP contribution in [0, 0.1) is 0 Å². The number of ether oxygens (including phenoxy) is 2. The number of fused-ring (bicyclic) bond motifs is 1. The Morgan fingerprint density at radius 2 is 1.87 bits per heavy atom. The zero-order valence-electron chi connectivity index (χ0n) is 21.6.